The minimum absolute atomic E-state index is 0.0908. The average Bonchev–Trinajstić information content (AvgIpc) is 2.94. The van der Waals surface area contributed by atoms with Gasteiger partial charge in [0.05, 0.1) is 18.4 Å². The van der Waals surface area contributed by atoms with Crippen LogP contribution in [0.5, 0.6) is 5.75 Å². The summed E-state index contributed by atoms with van der Waals surface area (Å²) >= 11 is 0. The van der Waals surface area contributed by atoms with Gasteiger partial charge in [0.2, 0.25) is 5.78 Å². The molecule has 7 nitrogen and oxygen atoms in total. The molecule has 2 aromatic rings. The van der Waals surface area contributed by atoms with Crippen molar-refractivity contribution in [3.05, 3.63) is 52.6 Å². The number of para-hydroxylation sites is 1. The van der Waals surface area contributed by atoms with E-state index in [-0.39, 0.29) is 17.0 Å². The molecule has 0 spiro atoms. The summed E-state index contributed by atoms with van der Waals surface area (Å²) in [4.78, 5) is 39.0. The van der Waals surface area contributed by atoms with Crippen molar-refractivity contribution in [3.63, 3.8) is 0 Å². The van der Waals surface area contributed by atoms with Crippen LogP contribution in [0.25, 0.3) is 0 Å². The highest BCUT2D eigenvalue weighted by Crippen LogP contribution is 2.21. The molecule has 0 saturated heterocycles. The van der Waals surface area contributed by atoms with Gasteiger partial charge in [-0.05, 0) is 38.5 Å². The highest BCUT2D eigenvalue weighted by Gasteiger charge is 2.27. The molecule has 1 atom stereocenters. The first kappa shape index (κ1) is 20.2. The molecule has 0 bridgehead atoms. The lowest BCUT2D eigenvalue weighted by atomic mass is 10.1. The monoisotopic (exact) mass is 377 g/mol. The normalized spacial score (nSPS) is 11.6. The minimum atomic E-state index is -1.12. The maximum Gasteiger partial charge on any atom is 0.344 e. The lowest BCUT2D eigenvalue weighted by molar-refractivity contribution is -0.148. The Labute approximate surface area is 155 Å². The smallest absolute Gasteiger partial charge is 0.344 e. The summed E-state index contributed by atoms with van der Waals surface area (Å²) < 4.78 is 28.2. The molecule has 0 aliphatic carbocycles. The summed E-state index contributed by atoms with van der Waals surface area (Å²) in [6.07, 6.45) is -1.12. The van der Waals surface area contributed by atoms with E-state index < -0.39 is 36.2 Å². The lowest BCUT2D eigenvalue weighted by Crippen LogP contribution is -2.28. The molecule has 0 saturated carbocycles. The number of benzene rings is 1. The zero-order valence-electron chi connectivity index (χ0n) is 15.4. The molecule has 1 aromatic heterocycles. The van der Waals surface area contributed by atoms with Gasteiger partial charge in [0, 0.05) is 5.69 Å². The fraction of sp³-hybridized carbons (Fsp3) is 0.316. The molecule has 1 aromatic carbocycles. The largest absolute Gasteiger partial charge is 0.479 e. The van der Waals surface area contributed by atoms with Gasteiger partial charge in [0.15, 0.2) is 24.3 Å². The number of ketones is 1. The number of hydrogen-bond donors (Lipinski definition) is 1. The summed E-state index contributed by atoms with van der Waals surface area (Å²) in [6.45, 7) is 4.08. The van der Waals surface area contributed by atoms with Gasteiger partial charge >= 0.3 is 11.9 Å². The quantitative estimate of drug-likeness (QED) is 0.589. The minimum Gasteiger partial charge on any atom is -0.479 e. The summed E-state index contributed by atoms with van der Waals surface area (Å²) in [6, 6.07) is 5.62. The molecule has 0 aliphatic heterocycles. The van der Waals surface area contributed by atoms with Crippen LogP contribution in [0.4, 0.5) is 4.39 Å². The molecule has 1 N–H and O–H groups in total. The van der Waals surface area contributed by atoms with E-state index in [0.717, 1.165) is 0 Å². The van der Waals surface area contributed by atoms with E-state index >= 15 is 0 Å². The van der Waals surface area contributed by atoms with Crippen molar-refractivity contribution in [1.82, 2.24) is 4.98 Å². The Bertz CT molecular complexity index is 873. The Kier molecular flexibility index (Phi) is 6.33. The number of carbonyl (C=O) groups is 3. The average molecular weight is 377 g/mol. The molecule has 0 aliphatic rings. The van der Waals surface area contributed by atoms with Crippen LogP contribution >= 0.6 is 0 Å². The standard InChI is InChI=1S/C19H20FNO6/c1-10-16(19(24)25-4)11(2)21-17(10)18(23)12(3)27-15(22)9-26-14-8-6-5-7-13(14)20/h5-8,12,21H,9H2,1-4H3/t12-/m1/s1. The zero-order chi connectivity index (χ0) is 20.1. The fourth-order valence-corrected chi connectivity index (χ4v) is 2.59. The van der Waals surface area contributed by atoms with Gasteiger partial charge in [-0.2, -0.15) is 0 Å². The molecule has 0 amide bonds. The SMILES string of the molecule is COC(=O)c1c(C)[nH]c(C(=O)[C@@H](C)OC(=O)COc2ccccc2F)c1C. The molecule has 0 fully saturated rings. The third kappa shape index (κ3) is 4.52. The third-order valence-corrected chi connectivity index (χ3v) is 3.93. The number of H-pyrrole nitrogens is 1. The number of Topliss-reactive ketones (excluding diaryl/α,β-unsaturated/α-hetero) is 1. The highest BCUT2D eigenvalue weighted by molar-refractivity contribution is 6.03. The summed E-state index contributed by atoms with van der Waals surface area (Å²) in [5.41, 5.74) is 1.31. The summed E-state index contributed by atoms with van der Waals surface area (Å²) in [5, 5.41) is 0. The van der Waals surface area contributed by atoms with E-state index in [1.165, 1.54) is 32.2 Å². The number of carbonyl (C=O) groups excluding carboxylic acids is 3. The van der Waals surface area contributed by atoms with Crippen LogP contribution < -0.4 is 4.74 Å². The van der Waals surface area contributed by atoms with E-state index in [9.17, 15) is 18.8 Å². The van der Waals surface area contributed by atoms with Crippen molar-refractivity contribution >= 4 is 17.7 Å². The van der Waals surface area contributed by atoms with Crippen LogP contribution in [0.2, 0.25) is 0 Å². The topological polar surface area (TPSA) is 94.7 Å². The first-order chi connectivity index (χ1) is 12.8. The van der Waals surface area contributed by atoms with Crippen LogP contribution in [0.3, 0.4) is 0 Å². The predicted molar refractivity (Wildman–Crippen MR) is 93.4 cm³/mol. The maximum absolute atomic E-state index is 13.5. The van der Waals surface area contributed by atoms with E-state index in [2.05, 4.69) is 4.98 Å². The third-order valence-electron chi connectivity index (χ3n) is 3.93. The van der Waals surface area contributed by atoms with Crippen LogP contribution in [0, 0.1) is 19.7 Å². The van der Waals surface area contributed by atoms with E-state index in [1.54, 1.807) is 19.9 Å². The number of aryl methyl sites for hydroxylation is 1. The Morgan fingerprint density at radius 3 is 2.48 bits per heavy atom. The number of aromatic nitrogens is 1. The maximum atomic E-state index is 13.5. The van der Waals surface area contributed by atoms with Gasteiger partial charge in [-0.25, -0.2) is 14.0 Å². The van der Waals surface area contributed by atoms with Crippen LogP contribution in [-0.4, -0.2) is 42.5 Å². The van der Waals surface area contributed by atoms with Gasteiger partial charge < -0.3 is 19.2 Å². The number of methoxy groups -OCH3 is 1. The number of esters is 2. The Hall–Kier alpha value is -3.16. The van der Waals surface area contributed by atoms with Crippen molar-refractivity contribution in [1.29, 1.82) is 0 Å². The first-order valence-electron chi connectivity index (χ1n) is 8.14. The Morgan fingerprint density at radius 1 is 1.19 bits per heavy atom. The van der Waals surface area contributed by atoms with Crippen LogP contribution in [0.15, 0.2) is 24.3 Å². The molecule has 144 valence electrons. The number of hydrogen-bond acceptors (Lipinski definition) is 6. The fourth-order valence-electron chi connectivity index (χ4n) is 2.59. The predicted octanol–water partition coefficient (Wildman–Crippen LogP) is 2.75. The van der Waals surface area contributed by atoms with Crippen LogP contribution in [0.1, 0.15) is 39.0 Å². The van der Waals surface area contributed by atoms with Gasteiger partial charge in [-0.3, -0.25) is 4.79 Å². The molecule has 1 heterocycles. The number of halogens is 1. The van der Waals surface area contributed by atoms with Gasteiger partial charge in [0.25, 0.3) is 0 Å². The van der Waals surface area contributed by atoms with Crippen LogP contribution in [-0.2, 0) is 14.3 Å². The second kappa shape index (κ2) is 8.48. The summed E-state index contributed by atoms with van der Waals surface area (Å²) in [7, 11) is 1.25. The summed E-state index contributed by atoms with van der Waals surface area (Å²) in [5.74, 6) is -2.60. The number of aromatic amines is 1. The van der Waals surface area contributed by atoms with Gasteiger partial charge in [-0.1, -0.05) is 12.1 Å². The highest BCUT2D eigenvalue weighted by atomic mass is 19.1. The molecular formula is C19H20FNO6. The van der Waals surface area contributed by atoms with Gasteiger partial charge in [-0.15, -0.1) is 0 Å². The van der Waals surface area contributed by atoms with Crippen molar-refractivity contribution in [2.75, 3.05) is 13.7 Å². The first-order valence-corrected chi connectivity index (χ1v) is 8.14. The van der Waals surface area contributed by atoms with Crippen molar-refractivity contribution in [2.45, 2.75) is 26.9 Å². The molecule has 0 unspecified atom stereocenters. The molecular weight excluding hydrogens is 357 g/mol. The lowest BCUT2D eigenvalue weighted by Gasteiger charge is -2.13. The van der Waals surface area contributed by atoms with Gasteiger partial charge in [0.1, 0.15) is 0 Å². The van der Waals surface area contributed by atoms with E-state index in [4.69, 9.17) is 14.2 Å². The van der Waals surface area contributed by atoms with E-state index in [1.807, 2.05) is 0 Å². The van der Waals surface area contributed by atoms with Crippen molar-refractivity contribution in [3.8, 4) is 5.75 Å². The zero-order valence-corrected chi connectivity index (χ0v) is 15.4. The van der Waals surface area contributed by atoms with Crippen molar-refractivity contribution < 1.29 is 33.0 Å². The molecule has 2 rings (SSSR count). The van der Waals surface area contributed by atoms with Crippen molar-refractivity contribution in [2.24, 2.45) is 0 Å². The van der Waals surface area contributed by atoms with E-state index in [0.29, 0.717) is 11.3 Å². The second-order valence-corrected chi connectivity index (χ2v) is 5.83. The number of rotatable bonds is 7. The Balaban J connectivity index is 2.02. The molecule has 27 heavy (non-hydrogen) atoms. The second-order valence-electron chi connectivity index (χ2n) is 5.83. The number of ether oxygens (including phenoxy) is 3. The Morgan fingerprint density at radius 2 is 1.85 bits per heavy atom. The number of nitrogens with one attached hydrogen (secondary N) is 1. The molecule has 0 radical (unpaired) electrons. The molecule has 8 heteroatoms.